The van der Waals surface area contributed by atoms with Crippen LogP contribution in [0.5, 0.6) is 0 Å². The lowest BCUT2D eigenvalue weighted by Crippen LogP contribution is -2.31. The summed E-state index contributed by atoms with van der Waals surface area (Å²) in [5.41, 5.74) is 2.88. The normalized spacial score (nSPS) is 10.9. The molecule has 22 heavy (non-hydrogen) atoms. The molecule has 0 saturated carbocycles. The zero-order valence-corrected chi connectivity index (χ0v) is 15.2. The van der Waals surface area contributed by atoms with Crippen LogP contribution in [0.1, 0.15) is 33.1 Å². The Morgan fingerprint density at radius 1 is 1.09 bits per heavy atom. The van der Waals surface area contributed by atoms with Crippen LogP contribution in [-0.4, -0.2) is 53.1 Å². The predicted octanol–water partition coefficient (Wildman–Crippen LogP) is 2.28. The molecule has 4 N–H and O–H groups in total. The number of aliphatic hydroxyl groups excluding tert-OH is 2. The molecule has 0 spiro atoms. The van der Waals surface area contributed by atoms with E-state index >= 15 is 0 Å². The van der Waals surface area contributed by atoms with Crippen molar-refractivity contribution >= 4 is 20.0 Å². The molecule has 0 amide bonds. The van der Waals surface area contributed by atoms with Gasteiger partial charge in [-0.05, 0) is 24.5 Å². The molecule has 0 bridgehead atoms. The summed E-state index contributed by atoms with van der Waals surface area (Å²) in [6.45, 7) is 12.5. The molecule has 0 aliphatic carbocycles. The van der Waals surface area contributed by atoms with E-state index < -0.39 is 26.1 Å². The van der Waals surface area contributed by atoms with E-state index in [1.807, 2.05) is 0 Å². The average molecular weight is 334 g/mol. The predicted molar refractivity (Wildman–Crippen MR) is 89.6 cm³/mol. The number of carboxylic acids is 2. The van der Waals surface area contributed by atoms with Crippen molar-refractivity contribution in [1.29, 1.82) is 0 Å². The van der Waals surface area contributed by atoms with Gasteiger partial charge in [-0.1, -0.05) is 26.2 Å². The van der Waals surface area contributed by atoms with Crippen LogP contribution in [-0.2, 0) is 9.59 Å². The number of aliphatic hydroxyl groups is 2. The van der Waals surface area contributed by atoms with Crippen molar-refractivity contribution in [2.45, 2.75) is 58.9 Å². The third-order valence-electron chi connectivity index (χ3n) is 2.22. The molecule has 130 valence electrons. The van der Waals surface area contributed by atoms with E-state index in [1.54, 1.807) is 0 Å². The van der Waals surface area contributed by atoms with Gasteiger partial charge < -0.3 is 20.4 Å². The summed E-state index contributed by atoms with van der Waals surface area (Å²) in [5, 5.41) is 34.3. The van der Waals surface area contributed by atoms with E-state index in [0.29, 0.717) is 6.42 Å². The monoisotopic (exact) mass is 334 g/mol. The summed E-state index contributed by atoms with van der Waals surface area (Å²) >= 11 is 0. The smallest absolute Gasteiger partial charge is 0.300 e. The standard InChI is InChI=1S/C11H22O2Si.2C2H4O2/c1-5-11(14(2,3)4)10(13)8-6-7-9-12;2*1-2(3)4/h10,12-13H,1,6-9H2,2-4H3;2*1H3,(H,3,4). The molecule has 6 nitrogen and oxygen atoms in total. The Morgan fingerprint density at radius 2 is 1.45 bits per heavy atom. The highest BCUT2D eigenvalue weighted by molar-refractivity contribution is 6.83. The van der Waals surface area contributed by atoms with Gasteiger partial charge in [0.2, 0.25) is 0 Å². The van der Waals surface area contributed by atoms with Crippen molar-refractivity contribution in [3.63, 3.8) is 0 Å². The van der Waals surface area contributed by atoms with E-state index in [1.165, 1.54) is 0 Å². The Morgan fingerprint density at radius 3 is 1.68 bits per heavy atom. The van der Waals surface area contributed by atoms with Crippen LogP contribution >= 0.6 is 0 Å². The Bertz CT molecular complexity index is 347. The molecule has 0 radical (unpaired) electrons. The molecule has 1 unspecified atom stereocenters. The molecular formula is C15H30O6Si. The molecule has 0 aromatic carbocycles. The lowest BCUT2D eigenvalue weighted by Gasteiger charge is -2.23. The molecule has 1 atom stereocenters. The van der Waals surface area contributed by atoms with Crippen molar-refractivity contribution in [2.75, 3.05) is 6.61 Å². The molecular weight excluding hydrogens is 304 g/mol. The fourth-order valence-corrected chi connectivity index (χ4v) is 3.15. The third-order valence-corrected chi connectivity index (χ3v) is 4.34. The molecule has 0 rings (SSSR count). The number of carbonyl (C=O) groups is 2. The quantitative estimate of drug-likeness (QED) is 0.336. The largest absolute Gasteiger partial charge is 0.481 e. The number of hydrogen-bond acceptors (Lipinski definition) is 4. The number of unbranched alkanes of at least 4 members (excludes halogenated alkanes) is 1. The topological polar surface area (TPSA) is 115 Å². The number of carboxylic acid groups (broad SMARTS) is 2. The fraction of sp³-hybridized carbons (Fsp3) is 0.667. The first kappa shape index (κ1) is 25.5. The molecule has 0 fully saturated rings. The van der Waals surface area contributed by atoms with Crippen LogP contribution in [0.25, 0.3) is 0 Å². The van der Waals surface area contributed by atoms with Gasteiger partial charge in [0.05, 0.1) is 14.2 Å². The fourth-order valence-electron chi connectivity index (χ4n) is 1.48. The number of aliphatic carboxylic acids is 2. The van der Waals surface area contributed by atoms with Crippen LogP contribution in [0.2, 0.25) is 19.6 Å². The Labute approximate surface area is 133 Å². The first-order chi connectivity index (χ1) is 9.89. The summed E-state index contributed by atoms with van der Waals surface area (Å²) in [5.74, 6) is -1.67. The van der Waals surface area contributed by atoms with Crippen molar-refractivity contribution in [2.24, 2.45) is 0 Å². The van der Waals surface area contributed by atoms with Crippen molar-refractivity contribution in [3.8, 4) is 0 Å². The van der Waals surface area contributed by atoms with Gasteiger partial charge in [0, 0.05) is 20.5 Å². The molecule has 0 aliphatic rings. The Hall–Kier alpha value is -1.40. The van der Waals surface area contributed by atoms with Crippen molar-refractivity contribution in [3.05, 3.63) is 17.5 Å². The van der Waals surface area contributed by atoms with Gasteiger partial charge in [0.25, 0.3) is 11.9 Å². The SMILES string of the molecule is C=C=C(C(O)CCCCO)[Si](C)(C)C.CC(=O)O.CC(=O)O. The van der Waals surface area contributed by atoms with Gasteiger partial charge in [0.1, 0.15) is 0 Å². The second kappa shape index (κ2) is 14.5. The second-order valence-corrected chi connectivity index (χ2v) is 10.7. The summed E-state index contributed by atoms with van der Waals surface area (Å²) in [6.07, 6.45) is 1.91. The summed E-state index contributed by atoms with van der Waals surface area (Å²) in [6, 6.07) is 0. The first-order valence-electron chi connectivity index (χ1n) is 6.98. The van der Waals surface area contributed by atoms with Crippen molar-refractivity contribution < 1.29 is 30.0 Å². The highest BCUT2D eigenvalue weighted by Gasteiger charge is 2.24. The Balaban J connectivity index is -0.000000372. The molecule has 0 aromatic rings. The number of hydrogen-bond donors (Lipinski definition) is 4. The minimum absolute atomic E-state index is 0.201. The summed E-state index contributed by atoms with van der Waals surface area (Å²) in [4.78, 5) is 18.0. The maximum absolute atomic E-state index is 9.88. The second-order valence-electron chi connectivity index (χ2n) is 5.61. The minimum atomic E-state index is -1.48. The van der Waals surface area contributed by atoms with Crippen LogP contribution < -0.4 is 0 Å². The van der Waals surface area contributed by atoms with E-state index in [0.717, 1.165) is 31.9 Å². The summed E-state index contributed by atoms with van der Waals surface area (Å²) in [7, 11) is -1.48. The molecule has 0 saturated heterocycles. The Kier molecular flexibility index (Phi) is 16.9. The average Bonchev–Trinajstić information content (AvgIpc) is 2.26. The molecule has 0 aromatic heterocycles. The van der Waals surface area contributed by atoms with Crippen molar-refractivity contribution in [1.82, 2.24) is 0 Å². The zero-order chi connectivity index (χ0) is 18.3. The maximum atomic E-state index is 9.88. The first-order valence-corrected chi connectivity index (χ1v) is 10.5. The van der Waals surface area contributed by atoms with E-state index in [4.69, 9.17) is 24.9 Å². The van der Waals surface area contributed by atoms with E-state index in [2.05, 4.69) is 32.0 Å². The summed E-state index contributed by atoms with van der Waals surface area (Å²) < 4.78 is 0. The zero-order valence-electron chi connectivity index (χ0n) is 14.2. The van der Waals surface area contributed by atoms with Crippen LogP contribution in [0.4, 0.5) is 0 Å². The third kappa shape index (κ3) is 23.7. The minimum Gasteiger partial charge on any atom is -0.481 e. The van der Waals surface area contributed by atoms with E-state index in [9.17, 15) is 5.11 Å². The molecule has 0 heterocycles. The lowest BCUT2D eigenvalue weighted by molar-refractivity contribution is -0.135. The van der Waals surface area contributed by atoms with Gasteiger partial charge in [-0.25, -0.2) is 0 Å². The van der Waals surface area contributed by atoms with E-state index in [-0.39, 0.29) is 6.61 Å². The highest BCUT2D eigenvalue weighted by Crippen LogP contribution is 2.20. The van der Waals surface area contributed by atoms with Gasteiger partial charge in [-0.2, -0.15) is 0 Å². The van der Waals surface area contributed by atoms with Gasteiger partial charge >= 0.3 is 0 Å². The lowest BCUT2D eigenvalue weighted by atomic mass is 10.1. The highest BCUT2D eigenvalue weighted by atomic mass is 28.3. The van der Waals surface area contributed by atoms with Crippen LogP contribution in [0, 0.1) is 0 Å². The van der Waals surface area contributed by atoms with Gasteiger partial charge in [-0.3, -0.25) is 9.59 Å². The van der Waals surface area contributed by atoms with Gasteiger partial charge in [-0.15, -0.1) is 5.73 Å². The van der Waals surface area contributed by atoms with Crippen LogP contribution in [0.15, 0.2) is 17.5 Å². The number of rotatable bonds is 6. The maximum Gasteiger partial charge on any atom is 0.300 e. The van der Waals surface area contributed by atoms with Gasteiger partial charge in [0.15, 0.2) is 0 Å². The molecule has 0 aliphatic heterocycles. The molecule has 7 heteroatoms. The van der Waals surface area contributed by atoms with Crippen LogP contribution in [0.3, 0.4) is 0 Å².